The molecule has 0 bridgehead atoms. The number of piperidine rings is 1. The lowest BCUT2D eigenvalue weighted by molar-refractivity contribution is -0.121. The second-order valence-corrected chi connectivity index (χ2v) is 6.16. The van der Waals surface area contributed by atoms with Gasteiger partial charge in [0.2, 0.25) is 5.91 Å². The Labute approximate surface area is 138 Å². The summed E-state index contributed by atoms with van der Waals surface area (Å²) in [6.45, 7) is 4.35. The van der Waals surface area contributed by atoms with E-state index in [1.807, 2.05) is 7.05 Å². The van der Waals surface area contributed by atoms with E-state index >= 15 is 0 Å². The molecule has 1 aromatic carbocycles. The maximum Gasteiger partial charge on any atom is 0.338 e. The molecule has 5 heteroatoms. The van der Waals surface area contributed by atoms with Crippen molar-refractivity contribution in [3.8, 4) is 0 Å². The molecule has 1 aromatic rings. The highest BCUT2D eigenvalue weighted by molar-refractivity contribution is 5.94. The predicted octanol–water partition coefficient (Wildman–Crippen LogP) is 2.92. The van der Waals surface area contributed by atoms with Crippen molar-refractivity contribution in [1.82, 2.24) is 4.90 Å². The van der Waals surface area contributed by atoms with Crippen LogP contribution in [0.5, 0.6) is 0 Å². The first-order chi connectivity index (χ1) is 11.1. The number of benzene rings is 1. The van der Waals surface area contributed by atoms with Gasteiger partial charge in [-0.25, -0.2) is 4.79 Å². The lowest BCUT2D eigenvalue weighted by Gasteiger charge is -2.28. The first-order valence-corrected chi connectivity index (χ1v) is 8.36. The number of carbonyl (C=O) groups is 2. The molecule has 5 nitrogen and oxygen atoms in total. The van der Waals surface area contributed by atoms with Crippen LogP contribution in [0.3, 0.4) is 0 Å². The van der Waals surface area contributed by atoms with Gasteiger partial charge in [0, 0.05) is 12.2 Å². The molecule has 1 heterocycles. The Balaban J connectivity index is 1.86. The molecule has 0 saturated carbocycles. The van der Waals surface area contributed by atoms with Gasteiger partial charge >= 0.3 is 5.97 Å². The summed E-state index contributed by atoms with van der Waals surface area (Å²) in [7, 11) is 2.04. The molecule has 1 aliphatic rings. The standard InChI is InChI=1S/C18H26N2O3/c1-3-4-12-23-18(22)14-7-9-16(10-8-14)19-17(21)15-6-5-11-20(2)13-15/h7-10,15H,3-6,11-13H2,1-2H3,(H,19,21)/t15-/m1/s1. The van der Waals surface area contributed by atoms with E-state index in [2.05, 4.69) is 17.1 Å². The lowest BCUT2D eigenvalue weighted by atomic mass is 9.97. The molecule has 1 aliphatic heterocycles. The Kier molecular flexibility index (Phi) is 6.59. The van der Waals surface area contributed by atoms with Gasteiger partial charge in [0.05, 0.1) is 18.1 Å². The molecule has 126 valence electrons. The predicted molar refractivity (Wildman–Crippen MR) is 90.5 cm³/mol. The van der Waals surface area contributed by atoms with Crippen molar-refractivity contribution in [2.45, 2.75) is 32.6 Å². The third kappa shape index (κ3) is 5.36. The number of esters is 1. The molecular weight excluding hydrogens is 292 g/mol. The van der Waals surface area contributed by atoms with Gasteiger partial charge in [-0.3, -0.25) is 4.79 Å². The van der Waals surface area contributed by atoms with E-state index in [-0.39, 0.29) is 17.8 Å². The number of anilines is 1. The van der Waals surface area contributed by atoms with Gasteiger partial charge in [0.15, 0.2) is 0 Å². The van der Waals surface area contributed by atoms with Crippen LogP contribution >= 0.6 is 0 Å². The van der Waals surface area contributed by atoms with Crippen molar-refractivity contribution in [3.05, 3.63) is 29.8 Å². The van der Waals surface area contributed by atoms with Crippen LogP contribution in [-0.4, -0.2) is 43.5 Å². The minimum atomic E-state index is -0.315. The van der Waals surface area contributed by atoms with Crippen molar-refractivity contribution in [1.29, 1.82) is 0 Å². The van der Waals surface area contributed by atoms with E-state index in [1.54, 1.807) is 24.3 Å². The van der Waals surface area contributed by atoms with E-state index in [1.165, 1.54) is 0 Å². The maximum absolute atomic E-state index is 12.3. The third-order valence-electron chi connectivity index (χ3n) is 4.11. The second kappa shape index (κ2) is 8.67. The van der Waals surface area contributed by atoms with Crippen LogP contribution in [0.4, 0.5) is 5.69 Å². The van der Waals surface area contributed by atoms with E-state index in [0.717, 1.165) is 38.8 Å². The molecule has 1 amide bonds. The molecule has 1 atom stereocenters. The van der Waals surface area contributed by atoms with Gasteiger partial charge in [-0.05, 0) is 57.1 Å². The largest absolute Gasteiger partial charge is 0.462 e. The van der Waals surface area contributed by atoms with Crippen LogP contribution in [0.1, 0.15) is 43.0 Å². The Morgan fingerprint density at radius 3 is 2.70 bits per heavy atom. The molecule has 1 N–H and O–H groups in total. The summed E-state index contributed by atoms with van der Waals surface area (Å²) in [6, 6.07) is 6.88. The fourth-order valence-electron chi connectivity index (χ4n) is 2.71. The minimum Gasteiger partial charge on any atom is -0.462 e. The SMILES string of the molecule is CCCCOC(=O)c1ccc(NC(=O)[C@@H]2CCCN(C)C2)cc1. The van der Waals surface area contributed by atoms with Gasteiger partial charge in [0.1, 0.15) is 0 Å². The number of hydrogen-bond acceptors (Lipinski definition) is 4. The molecule has 1 fully saturated rings. The van der Waals surface area contributed by atoms with Crippen LogP contribution in [0.2, 0.25) is 0 Å². The molecule has 0 unspecified atom stereocenters. The van der Waals surface area contributed by atoms with Crippen molar-refractivity contribution >= 4 is 17.6 Å². The van der Waals surface area contributed by atoms with E-state index in [0.29, 0.717) is 17.9 Å². The third-order valence-corrected chi connectivity index (χ3v) is 4.11. The Morgan fingerprint density at radius 2 is 2.04 bits per heavy atom. The highest BCUT2D eigenvalue weighted by Gasteiger charge is 2.23. The zero-order chi connectivity index (χ0) is 16.7. The first-order valence-electron chi connectivity index (χ1n) is 8.36. The quantitative estimate of drug-likeness (QED) is 0.647. The maximum atomic E-state index is 12.3. The number of nitrogens with one attached hydrogen (secondary N) is 1. The monoisotopic (exact) mass is 318 g/mol. The van der Waals surface area contributed by atoms with Crippen LogP contribution in [-0.2, 0) is 9.53 Å². The summed E-state index contributed by atoms with van der Waals surface area (Å²) in [5.41, 5.74) is 1.23. The first kappa shape index (κ1) is 17.5. The molecule has 0 aliphatic carbocycles. The van der Waals surface area contributed by atoms with Gasteiger partial charge in [-0.2, -0.15) is 0 Å². The van der Waals surface area contributed by atoms with Crippen molar-refractivity contribution in [3.63, 3.8) is 0 Å². The zero-order valence-corrected chi connectivity index (χ0v) is 14.0. The highest BCUT2D eigenvalue weighted by atomic mass is 16.5. The number of unbranched alkanes of at least 4 members (excludes halogenated alkanes) is 1. The van der Waals surface area contributed by atoms with Crippen molar-refractivity contribution < 1.29 is 14.3 Å². The van der Waals surface area contributed by atoms with Crippen molar-refractivity contribution in [2.24, 2.45) is 5.92 Å². The molecule has 23 heavy (non-hydrogen) atoms. The van der Waals surface area contributed by atoms with Crippen molar-refractivity contribution in [2.75, 3.05) is 32.1 Å². The Hall–Kier alpha value is -1.88. The molecule has 0 radical (unpaired) electrons. The summed E-state index contributed by atoms with van der Waals surface area (Å²) in [5.74, 6) is -0.229. The van der Waals surface area contributed by atoms with Crippen LogP contribution in [0.15, 0.2) is 24.3 Å². The number of likely N-dealkylation sites (tertiary alicyclic amines) is 1. The summed E-state index contributed by atoms with van der Waals surface area (Å²) in [4.78, 5) is 26.3. The molecule has 0 aromatic heterocycles. The Bertz CT molecular complexity index is 528. The molecule has 2 rings (SSSR count). The summed E-state index contributed by atoms with van der Waals surface area (Å²) < 4.78 is 5.16. The smallest absolute Gasteiger partial charge is 0.338 e. The van der Waals surface area contributed by atoms with Crippen LogP contribution in [0.25, 0.3) is 0 Å². The fraction of sp³-hybridized carbons (Fsp3) is 0.556. The number of ether oxygens (including phenoxy) is 1. The van der Waals surface area contributed by atoms with E-state index in [4.69, 9.17) is 4.74 Å². The lowest BCUT2D eigenvalue weighted by Crippen LogP contribution is -2.38. The normalized spacial score (nSPS) is 18.4. The second-order valence-electron chi connectivity index (χ2n) is 6.16. The number of rotatable bonds is 6. The Morgan fingerprint density at radius 1 is 1.30 bits per heavy atom. The number of hydrogen-bond donors (Lipinski definition) is 1. The average Bonchev–Trinajstić information content (AvgIpc) is 2.55. The molecule has 1 saturated heterocycles. The average molecular weight is 318 g/mol. The number of amides is 1. The highest BCUT2D eigenvalue weighted by Crippen LogP contribution is 2.18. The topological polar surface area (TPSA) is 58.6 Å². The minimum absolute atomic E-state index is 0.0347. The van der Waals surface area contributed by atoms with Gasteiger partial charge in [-0.15, -0.1) is 0 Å². The summed E-state index contributed by atoms with van der Waals surface area (Å²) >= 11 is 0. The molecule has 0 spiro atoms. The number of nitrogens with zero attached hydrogens (tertiary/aromatic N) is 1. The summed E-state index contributed by atoms with van der Waals surface area (Å²) in [6.07, 6.45) is 3.85. The van der Waals surface area contributed by atoms with Crippen LogP contribution in [0, 0.1) is 5.92 Å². The fourth-order valence-corrected chi connectivity index (χ4v) is 2.71. The van der Waals surface area contributed by atoms with E-state index < -0.39 is 0 Å². The van der Waals surface area contributed by atoms with Gasteiger partial charge < -0.3 is 15.0 Å². The van der Waals surface area contributed by atoms with Gasteiger partial charge in [-0.1, -0.05) is 13.3 Å². The molecular formula is C18H26N2O3. The van der Waals surface area contributed by atoms with Gasteiger partial charge in [0.25, 0.3) is 0 Å². The summed E-state index contributed by atoms with van der Waals surface area (Å²) in [5, 5.41) is 2.93. The van der Waals surface area contributed by atoms with E-state index in [9.17, 15) is 9.59 Å². The van der Waals surface area contributed by atoms with Crippen LogP contribution < -0.4 is 5.32 Å². The zero-order valence-electron chi connectivity index (χ0n) is 14.0. The number of carbonyl (C=O) groups excluding carboxylic acids is 2.